The first kappa shape index (κ1) is 10.1. The molecule has 0 aliphatic rings. The minimum atomic E-state index is -1.94. The van der Waals surface area contributed by atoms with Crippen molar-refractivity contribution in [2.24, 2.45) is 0 Å². The average molecular weight is 259 g/mol. The molecule has 0 bridgehead atoms. The van der Waals surface area contributed by atoms with Crippen LogP contribution in [0, 0.1) is 0 Å². The molecule has 0 aromatic rings. The molecule has 2 nitrogen and oxygen atoms in total. The predicted octanol–water partition coefficient (Wildman–Crippen LogP) is 5.33. The van der Waals surface area contributed by atoms with Gasteiger partial charge in [-0.1, -0.05) is 63.9 Å². The van der Waals surface area contributed by atoms with E-state index >= 15 is 0 Å². The van der Waals surface area contributed by atoms with Crippen LogP contribution in [-0.2, 0) is 4.79 Å². The molecule has 0 spiro atoms. The van der Waals surface area contributed by atoms with Crippen molar-refractivity contribution in [3.8, 4) is 0 Å². The summed E-state index contributed by atoms with van der Waals surface area (Å²) in [5.41, 5.74) is 0. The minimum Gasteiger partial charge on any atom is -0.481 e. The van der Waals surface area contributed by atoms with Gasteiger partial charge in [0.25, 0.3) is 0 Å². The Morgan fingerprint density at radius 1 is 1.11 bits per heavy atom. The van der Waals surface area contributed by atoms with E-state index in [1.165, 1.54) is 0 Å². The summed E-state index contributed by atoms with van der Waals surface area (Å²) in [6.45, 7) is 2.05. The van der Waals surface area contributed by atoms with Gasteiger partial charge in [-0.25, -0.2) is 0 Å². The number of aliphatic carboxylic acids is 1. The lowest BCUT2D eigenvalue weighted by atomic mass is 10.1. The van der Waals surface area contributed by atoms with Gasteiger partial charge in [0.15, 0.2) is 0 Å². The van der Waals surface area contributed by atoms with Crippen molar-refractivity contribution in [3.63, 3.8) is 0 Å². The Kier molecular flexibility index (Phi) is 7.97. The van der Waals surface area contributed by atoms with Gasteiger partial charge in [0.1, 0.15) is 0 Å². The molecule has 0 aromatic heterocycles. The van der Waals surface area contributed by atoms with Crippen LogP contribution in [0.2, 0.25) is 0 Å². The first-order valence-electron chi connectivity index (χ1n) is 9.50. The second-order valence-electron chi connectivity index (χ2n) is 4.36. The van der Waals surface area contributed by atoms with E-state index in [9.17, 15) is 4.79 Å². The lowest BCUT2D eigenvalue weighted by Gasteiger charge is -2.00. The second-order valence-corrected chi connectivity index (χ2v) is 4.36. The van der Waals surface area contributed by atoms with Gasteiger partial charge in [-0.3, -0.25) is 4.79 Å². The summed E-state index contributed by atoms with van der Waals surface area (Å²) in [6, 6.07) is 0.497. The van der Waals surface area contributed by atoms with Crippen LogP contribution in [0.3, 0.4) is 0 Å². The Morgan fingerprint density at radius 2 is 1.83 bits per heavy atom. The average Bonchev–Trinajstić information content (AvgIpc) is 2.43. The third-order valence-electron chi connectivity index (χ3n) is 2.55. The van der Waals surface area contributed by atoms with Crippen molar-refractivity contribution in [1.82, 2.24) is 0 Å². The summed E-state index contributed by atoms with van der Waals surface area (Å²) in [5.74, 6) is -0.857. The van der Waals surface area contributed by atoms with Crippen LogP contribution in [0.15, 0.2) is 12.1 Å². The van der Waals surface area contributed by atoms with Crippen LogP contribution in [0.25, 0.3) is 0 Å². The molecular formula is C16H30O2. The highest BCUT2D eigenvalue weighted by Crippen LogP contribution is 2.10. The first-order valence-corrected chi connectivity index (χ1v) is 7.00. The van der Waals surface area contributed by atoms with Crippen molar-refractivity contribution in [1.29, 1.82) is 0 Å². The molecule has 0 radical (unpaired) electrons. The zero-order chi connectivity index (χ0) is 17.9. The molecule has 0 aliphatic heterocycles. The molecule has 0 heterocycles. The Morgan fingerprint density at radius 3 is 2.56 bits per heavy atom. The van der Waals surface area contributed by atoms with Crippen molar-refractivity contribution < 1.29 is 16.8 Å². The highest BCUT2D eigenvalue weighted by Gasteiger charge is 1.96. The maximum Gasteiger partial charge on any atom is 0.303 e. The fourth-order valence-corrected chi connectivity index (χ4v) is 1.47. The van der Waals surface area contributed by atoms with Gasteiger partial charge in [-0.15, -0.1) is 0 Å². The Labute approximate surface area is 120 Å². The second kappa shape index (κ2) is 14.3. The molecule has 0 atom stereocenters. The van der Waals surface area contributed by atoms with Gasteiger partial charge in [-0.05, 0) is 25.7 Å². The molecule has 18 heavy (non-hydrogen) atoms. The van der Waals surface area contributed by atoms with E-state index in [1.54, 1.807) is 6.08 Å². The van der Waals surface area contributed by atoms with Crippen LogP contribution >= 0.6 is 0 Å². The third-order valence-corrected chi connectivity index (χ3v) is 2.55. The van der Waals surface area contributed by atoms with E-state index in [4.69, 9.17) is 12.0 Å². The SMILES string of the molecule is [2H]/C(=C/CCC([2H])([2H])C([2H])([2H])CCCCCC(=O)O)CCCC. The topological polar surface area (TPSA) is 37.3 Å². The molecule has 0 aliphatic carbocycles. The third kappa shape index (κ3) is 15.2. The summed E-state index contributed by atoms with van der Waals surface area (Å²) in [7, 11) is 0. The quantitative estimate of drug-likeness (QED) is 0.358. The molecule has 1 N–H and O–H groups in total. The molecule has 106 valence electrons. The Bertz CT molecular complexity index is 381. The van der Waals surface area contributed by atoms with Gasteiger partial charge in [0.2, 0.25) is 0 Å². The number of hydrogen-bond acceptors (Lipinski definition) is 1. The molecule has 0 aromatic carbocycles. The smallest absolute Gasteiger partial charge is 0.303 e. The van der Waals surface area contributed by atoms with E-state index in [0.717, 1.165) is 12.8 Å². The first-order chi connectivity index (χ1) is 10.6. The molecule has 0 saturated heterocycles. The number of carbonyl (C=O) groups is 1. The zero-order valence-electron chi connectivity index (χ0n) is 16.5. The van der Waals surface area contributed by atoms with Crippen LogP contribution in [0.1, 0.15) is 90.7 Å². The lowest BCUT2D eigenvalue weighted by Crippen LogP contribution is -1.93. The van der Waals surface area contributed by atoms with E-state index in [0.29, 0.717) is 38.2 Å². The Hall–Kier alpha value is -0.790. The highest BCUT2D eigenvalue weighted by molar-refractivity contribution is 5.66. The van der Waals surface area contributed by atoms with Gasteiger partial charge < -0.3 is 5.11 Å². The number of rotatable bonds is 13. The van der Waals surface area contributed by atoms with Gasteiger partial charge in [0.05, 0.1) is 1.37 Å². The standard InChI is InChI=1S/C16H30O2/c1-2-3-4-5-6-7-8-9-10-11-12-13-14-15-16(17)18/h5-6H,2-4,7-15H2,1H3,(H,17,18)/b6-5-/i5D,9D2,10D2. The van der Waals surface area contributed by atoms with E-state index < -0.39 is 18.7 Å². The molecule has 0 amide bonds. The van der Waals surface area contributed by atoms with Crippen LogP contribution in [0.5, 0.6) is 0 Å². The van der Waals surface area contributed by atoms with E-state index in [1.807, 2.05) is 0 Å². The van der Waals surface area contributed by atoms with Gasteiger partial charge >= 0.3 is 5.97 Å². The monoisotopic (exact) mass is 259 g/mol. The summed E-state index contributed by atoms with van der Waals surface area (Å²) in [5, 5.41) is 8.54. The fraction of sp³-hybridized carbons (Fsp3) is 0.812. The molecule has 0 rings (SSSR count). The molecule has 2 heteroatoms. The van der Waals surface area contributed by atoms with Crippen LogP contribution in [-0.4, -0.2) is 11.1 Å². The molecular weight excluding hydrogens is 224 g/mol. The van der Waals surface area contributed by atoms with Crippen LogP contribution in [0.4, 0.5) is 0 Å². The van der Waals surface area contributed by atoms with E-state index in [2.05, 4.69) is 6.92 Å². The number of carboxylic acid groups (broad SMARTS) is 1. The van der Waals surface area contributed by atoms with Crippen molar-refractivity contribution in [3.05, 3.63) is 12.1 Å². The fourth-order valence-electron chi connectivity index (χ4n) is 1.47. The molecule has 0 fully saturated rings. The van der Waals surface area contributed by atoms with Crippen molar-refractivity contribution in [2.45, 2.75) is 83.9 Å². The maximum absolute atomic E-state index is 10.4. The summed E-state index contributed by atoms with van der Waals surface area (Å²) >= 11 is 0. The molecule has 0 saturated carbocycles. The largest absolute Gasteiger partial charge is 0.481 e. The number of hydrogen-bond donors (Lipinski definition) is 1. The summed E-state index contributed by atoms with van der Waals surface area (Å²) in [4.78, 5) is 10.4. The van der Waals surface area contributed by atoms with Crippen LogP contribution < -0.4 is 0 Å². The lowest BCUT2D eigenvalue weighted by molar-refractivity contribution is -0.137. The van der Waals surface area contributed by atoms with Crippen molar-refractivity contribution in [2.75, 3.05) is 0 Å². The van der Waals surface area contributed by atoms with Crippen molar-refractivity contribution >= 4 is 5.97 Å². The maximum atomic E-state index is 10.4. The van der Waals surface area contributed by atoms with Gasteiger partial charge in [0, 0.05) is 11.9 Å². The normalized spacial score (nSPS) is 17.4. The minimum absolute atomic E-state index is 0.0592. The summed E-state index contributed by atoms with van der Waals surface area (Å²) < 4.78 is 39.6. The zero-order valence-corrected chi connectivity index (χ0v) is 11.5. The number of allylic oxidation sites excluding steroid dienone is 2. The highest BCUT2D eigenvalue weighted by atomic mass is 16.4. The molecule has 0 unspecified atom stereocenters. The van der Waals surface area contributed by atoms with Gasteiger partial charge in [-0.2, -0.15) is 0 Å². The number of carboxylic acids is 1. The Balaban J connectivity index is 4.23. The number of unbranched alkanes of at least 4 members (excludes halogenated alkanes) is 3. The summed E-state index contributed by atoms with van der Waals surface area (Å²) in [6.07, 6.45) is 2.63. The van der Waals surface area contributed by atoms with E-state index in [-0.39, 0.29) is 19.3 Å². The predicted molar refractivity (Wildman–Crippen MR) is 77.9 cm³/mol.